The van der Waals surface area contributed by atoms with Gasteiger partial charge in [0.1, 0.15) is 5.75 Å². The van der Waals surface area contributed by atoms with Gasteiger partial charge in [0.25, 0.3) is 0 Å². The quantitative estimate of drug-likeness (QED) is 0.676. The van der Waals surface area contributed by atoms with E-state index in [-0.39, 0.29) is 11.4 Å². The predicted octanol–water partition coefficient (Wildman–Crippen LogP) is -0.271. The molecule has 8 heteroatoms. The van der Waals surface area contributed by atoms with E-state index >= 15 is 0 Å². The van der Waals surface area contributed by atoms with Gasteiger partial charge in [0.05, 0.1) is 5.69 Å². The molecule has 0 amide bonds. The van der Waals surface area contributed by atoms with Crippen LogP contribution in [-0.2, 0) is 10.5 Å². The Morgan fingerprint density at radius 3 is 2.21 bits per heavy atom. The third kappa shape index (κ3) is 3.56. The third-order valence-electron chi connectivity index (χ3n) is 1.26. The molecule has 6 nitrogen and oxygen atoms in total. The lowest BCUT2D eigenvalue weighted by Gasteiger charge is -2.02. The highest BCUT2D eigenvalue weighted by Crippen LogP contribution is 2.17. The molecule has 2 N–H and O–H groups in total. The molecule has 1 rings (SSSR count). The minimum atomic E-state index is -2.50. The van der Waals surface area contributed by atoms with E-state index in [2.05, 4.69) is 9.02 Å². The lowest BCUT2D eigenvalue weighted by molar-refractivity contribution is 0.288. The van der Waals surface area contributed by atoms with E-state index in [1.54, 1.807) is 0 Å². The van der Waals surface area contributed by atoms with Crippen molar-refractivity contribution in [3.8, 4) is 5.75 Å². The average molecular weight is 215 g/mol. The maximum Gasteiger partial charge on any atom is 0.707 e. The van der Waals surface area contributed by atoms with E-state index in [0.29, 0.717) is 0 Å². The molecule has 1 aromatic rings. The minimum Gasteiger partial charge on any atom is -0.512 e. The second kappa shape index (κ2) is 4.75. The molecule has 0 aromatic heterocycles. The van der Waals surface area contributed by atoms with E-state index in [9.17, 15) is 8.42 Å². The highest BCUT2D eigenvalue weighted by atomic mass is 32.2. The summed E-state index contributed by atoms with van der Waals surface area (Å²) in [4.78, 5) is 0. The van der Waals surface area contributed by atoms with Crippen LogP contribution < -0.4 is 4.65 Å². The summed E-state index contributed by atoms with van der Waals surface area (Å²) < 4.78 is 28.0. The van der Waals surface area contributed by atoms with Crippen molar-refractivity contribution in [1.29, 1.82) is 0 Å². The van der Waals surface area contributed by atoms with Crippen molar-refractivity contribution < 1.29 is 23.1 Å². The predicted molar refractivity (Wildman–Crippen MR) is 48.3 cm³/mol. The topological polar surface area (TPSA) is 96.2 Å². The van der Waals surface area contributed by atoms with E-state index in [1.807, 2.05) is 0 Å². The second-order valence-electron chi connectivity index (χ2n) is 2.25. The van der Waals surface area contributed by atoms with Crippen molar-refractivity contribution in [2.75, 3.05) is 0 Å². The molecule has 0 aliphatic rings. The smallest absolute Gasteiger partial charge is 0.512 e. The van der Waals surface area contributed by atoms with Crippen molar-refractivity contribution in [3.05, 3.63) is 24.3 Å². The molecule has 0 saturated heterocycles. The zero-order valence-corrected chi connectivity index (χ0v) is 7.68. The SMILES string of the molecule is O=S(=O)=Nc1ccc(OB(O)O)cc1. The standard InChI is InChI=1S/C6H6BNO5S/c9-7(10)13-6-3-1-5(2-4-6)8-14(11)12/h1-4,9-10H. The van der Waals surface area contributed by atoms with Crippen LogP contribution in [0.5, 0.6) is 5.75 Å². The first-order valence-electron chi connectivity index (χ1n) is 3.52. The maximum absolute atomic E-state index is 10.2. The van der Waals surface area contributed by atoms with Gasteiger partial charge in [-0.25, -0.2) is 0 Å². The zero-order valence-electron chi connectivity index (χ0n) is 6.86. The molecule has 0 bridgehead atoms. The van der Waals surface area contributed by atoms with Crippen LogP contribution in [0.4, 0.5) is 5.69 Å². The van der Waals surface area contributed by atoms with Crippen LogP contribution in [-0.4, -0.2) is 25.8 Å². The molecule has 0 unspecified atom stereocenters. The first kappa shape index (κ1) is 10.7. The summed E-state index contributed by atoms with van der Waals surface area (Å²) in [6.07, 6.45) is 0. The molecule has 0 radical (unpaired) electrons. The zero-order chi connectivity index (χ0) is 10.6. The van der Waals surface area contributed by atoms with Crippen LogP contribution in [0.1, 0.15) is 0 Å². The summed E-state index contributed by atoms with van der Waals surface area (Å²) in [7, 11) is -4.40. The van der Waals surface area contributed by atoms with E-state index in [1.165, 1.54) is 24.3 Å². The molecule has 0 spiro atoms. The van der Waals surface area contributed by atoms with Gasteiger partial charge in [-0.1, -0.05) is 0 Å². The van der Waals surface area contributed by atoms with Crippen LogP contribution in [0.25, 0.3) is 0 Å². The summed E-state index contributed by atoms with van der Waals surface area (Å²) in [6, 6.07) is 5.47. The van der Waals surface area contributed by atoms with Crippen LogP contribution in [0.2, 0.25) is 0 Å². The molecule has 0 fully saturated rings. The monoisotopic (exact) mass is 215 g/mol. The van der Waals surface area contributed by atoms with Gasteiger partial charge >= 0.3 is 17.8 Å². The number of nitrogens with zero attached hydrogens (tertiary/aromatic N) is 1. The highest BCUT2D eigenvalue weighted by Gasteiger charge is 2.10. The Hall–Kier alpha value is -1.38. The van der Waals surface area contributed by atoms with Gasteiger partial charge in [-0.05, 0) is 24.3 Å². The Morgan fingerprint density at radius 1 is 1.21 bits per heavy atom. The molecule has 0 aliphatic carbocycles. The first-order chi connectivity index (χ1) is 6.58. The van der Waals surface area contributed by atoms with Gasteiger partial charge in [0.2, 0.25) is 0 Å². The van der Waals surface area contributed by atoms with Gasteiger partial charge in [-0.15, -0.1) is 4.36 Å². The lowest BCUT2D eigenvalue weighted by atomic mass is 10.2. The maximum atomic E-state index is 10.2. The van der Waals surface area contributed by atoms with Crippen LogP contribution in [0, 0.1) is 0 Å². The van der Waals surface area contributed by atoms with Crippen LogP contribution in [0.15, 0.2) is 28.6 Å². The van der Waals surface area contributed by atoms with Crippen molar-refractivity contribution in [1.82, 2.24) is 0 Å². The van der Waals surface area contributed by atoms with Crippen molar-refractivity contribution >= 4 is 23.5 Å². The van der Waals surface area contributed by atoms with Crippen molar-refractivity contribution in [2.45, 2.75) is 0 Å². The summed E-state index contributed by atoms with van der Waals surface area (Å²) in [5, 5.41) is 16.9. The van der Waals surface area contributed by atoms with Crippen LogP contribution >= 0.6 is 0 Å². The van der Waals surface area contributed by atoms with Gasteiger partial charge in [0.15, 0.2) is 0 Å². The fourth-order valence-corrected chi connectivity index (χ4v) is 1.09. The number of benzene rings is 1. The minimum absolute atomic E-state index is 0.204. The second-order valence-corrected chi connectivity index (χ2v) is 2.86. The molecule has 0 aliphatic heterocycles. The number of hydrogen-bond acceptors (Lipinski definition) is 6. The molecule has 0 heterocycles. The molecule has 0 saturated carbocycles. The fourth-order valence-electron chi connectivity index (χ4n) is 0.793. The molecule has 1 aromatic carbocycles. The van der Waals surface area contributed by atoms with Gasteiger partial charge in [0, 0.05) is 0 Å². The number of hydrogen-bond donors (Lipinski definition) is 2. The molecule has 0 atom stereocenters. The van der Waals surface area contributed by atoms with E-state index in [0.717, 1.165) is 0 Å². The Bertz CT molecular complexity index is 418. The molecular formula is C6H6BNO5S. The van der Waals surface area contributed by atoms with Crippen LogP contribution in [0.3, 0.4) is 0 Å². The van der Waals surface area contributed by atoms with Gasteiger partial charge < -0.3 is 14.7 Å². The Labute approximate surface area is 81.7 Å². The largest absolute Gasteiger partial charge is 0.707 e. The van der Waals surface area contributed by atoms with Crippen molar-refractivity contribution in [2.24, 2.45) is 4.36 Å². The summed E-state index contributed by atoms with van der Waals surface area (Å²) in [6.45, 7) is 0. The Morgan fingerprint density at radius 2 is 1.79 bits per heavy atom. The Kier molecular flexibility index (Phi) is 3.63. The van der Waals surface area contributed by atoms with Crippen molar-refractivity contribution in [3.63, 3.8) is 0 Å². The fraction of sp³-hybridized carbons (Fsp3) is 0. The molecule has 74 valence electrons. The lowest BCUT2D eigenvalue weighted by Crippen LogP contribution is -2.20. The summed E-state index contributed by atoms with van der Waals surface area (Å²) in [5.41, 5.74) is 0.234. The third-order valence-corrected chi connectivity index (χ3v) is 1.62. The number of rotatable bonds is 3. The summed E-state index contributed by atoms with van der Waals surface area (Å²) in [5.74, 6) is 0.204. The normalized spacial score (nSPS) is 9.29. The summed E-state index contributed by atoms with van der Waals surface area (Å²) >= 11 is 0. The first-order valence-corrected chi connectivity index (χ1v) is 4.55. The molecular weight excluding hydrogens is 209 g/mol. The average Bonchev–Trinajstić information content (AvgIpc) is 2.06. The van der Waals surface area contributed by atoms with E-state index in [4.69, 9.17) is 10.0 Å². The highest BCUT2D eigenvalue weighted by molar-refractivity contribution is 7.61. The Balaban J connectivity index is 2.84. The van der Waals surface area contributed by atoms with Gasteiger partial charge in [-0.2, -0.15) is 8.42 Å². The molecule has 14 heavy (non-hydrogen) atoms. The van der Waals surface area contributed by atoms with Gasteiger partial charge in [-0.3, -0.25) is 0 Å². The van der Waals surface area contributed by atoms with E-state index < -0.39 is 17.8 Å².